The minimum absolute atomic E-state index is 0.158. The predicted octanol–water partition coefficient (Wildman–Crippen LogP) is 4.75. The molecule has 160 valence electrons. The van der Waals surface area contributed by atoms with Crippen LogP contribution in [-0.4, -0.2) is 20.4 Å². The van der Waals surface area contributed by atoms with Crippen molar-refractivity contribution in [3.8, 4) is 0 Å². The summed E-state index contributed by atoms with van der Waals surface area (Å²) in [4.78, 5) is 41.6. The van der Waals surface area contributed by atoms with Gasteiger partial charge in [-0.05, 0) is 42.5 Å². The molecule has 8 nitrogen and oxygen atoms in total. The molecular weight excluding hydrogens is 452 g/mol. The Bertz CT molecular complexity index is 1390. The van der Waals surface area contributed by atoms with Gasteiger partial charge in [-0.3, -0.25) is 24.3 Å². The number of carbonyl (C=O) groups excluding carboxylic acids is 1. The first-order chi connectivity index (χ1) is 15.4. The third kappa shape index (κ3) is 4.79. The third-order valence-electron chi connectivity index (χ3n) is 4.54. The van der Waals surface area contributed by atoms with Gasteiger partial charge in [0.05, 0.1) is 27.8 Å². The van der Waals surface area contributed by atoms with Gasteiger partial charge in [-0.2, -0.15) is 0 Å². The van der Waals surface area contributed by atoms with Crippen molar-refractivity contribution in [2.45, 2.75) is 16.3 Å². The molecule has 0 aliphatic rings. The molecule has 1 amide bonds. The van der Waals surface area contributed by atoms with E-state index in [1.165, 1.54) is 40.9 Å². The van der Waals surface area contributed by atoms with Crippen LogP contribution in [-0.2, 0) is 11.3 Å². The second-order valence-corrected chi connectivity index (χ2v) is 8.29. The van der Waals surface area contributed by atoms with Crippen molar-refractivity contribution in [1.29, 1.82) is 0 Å². The molecule has 1 N–H and O–H groups in total. The molecule has 4 rings (SSSR count). The standard InChI is InChI=1S/C22H15ClN4O4S/c23-14-5-8-16(9-6-14)32-20-4-2-1-3-18(20)25-21(28)12-26-13-24-19-11-15(27(30)31)7-10-17(19)22(26)29/h1-11,13H,12H2,(H,25,28). The number of hydrogen-bond acceptors (Lipinski definition) is 6. The fourth-order valence-electron chi connectivity index (χ4n) is 3.01. The lowest BCUT2D eigenvalue weighted by molar-refractivity contribution is -0.384. The zero-order chi connectivity index (χ0) is 22.7. The number of para-hydroxylation sites is 1. The Morgan fingerprint density at radius 1 is 1.12 bits per heavy atom. The monoisotopic (exact) mass is 466 g/mol. The van der Waals surface area contributed by atoms with Crippen molar-refractivity contribution >= 4 is 51.5 Å². The predicted molar refractivity (Wildman–Crippen MR) is 123 cm³/mol. The second-order valence-electron chi connectivity index (χ2n) is 6.74. The van der Waals surface area contributed by atoms with E-state index in [-0.39, 0.29) is 23.1 Å². The van der Waals surface area contributed by atoms with Gasteiger partial charge in [-0.1, -0.05) is 35.5 Å². The van der Waals surface area contributed by atoms with Crippen LogP contribution < -0.4 is 10.9 Å². The Labute approximate surface area is 191 Å². The number of carbonyl (C=O) groups is 1. The van der Waals surface area contributed by atoms with Crippen LogP contribution in [0.3, 0.4) is 0 Å². The van der Waals surface area contributed by atoms with Crippen LogP contribution in [0.5, 0.6) is 0 Å². The highest BCUT2D eigenvalue weighted by Crippen LogP contribution is 2.33. The number of aromatic nitrogens is 2. The van der Waals surface area contributed by atoms with Crippen LogP contribution in [0.1, 0.15) is 0 Å². The van der Waals surface area contributed by atoms with Gasteiger partial charge in [-0.15, -0.1) is 0 Å². The first-order valence-corrected chi connectivity index (χ1v) is 10.6. The molecule has 0 bridgehead atoms. The Morgan fingerprint density at radius 2 is 1.88 bits per heavy atom. The molecule has 0 aliphatic heterocycles. The fourth-order valence-corrected chi connectivity index (χ4v) is 4.03. The van der Waals surface area contributed by atoms with Gasteiger partial charge < -0.3 is 5.32 Å². The fraction of sp³-hybridized carbons (Fsp3) is 0.0455. The molecule has 0 unspecified atom stereocenters. The number of amides is 1. The molecule has 32 heavy (non-hydrogen) atoms. The quantitative estimate of drug-likeness (QED) is 0.324. The van der Waals surface area contributed by atoms with Crippen LogP contribution in [0.25, 0.3) is 10.9 Å². The highest BCUT2D eigenvalue weighted by atomic mass is 35.5. The van der Waals surface area contributed by atoms with Crippen molar-refractivity contribution < 1.29 is 9.72 Å². The summed E-state index contributed by atoms with van der Waals surface area (Å²) in [6, 6.07) is 18.5. The molecule has 0 spiro atoms. The van der Waals surface area contributed by atoms with E-state index >= 15 is 0 Å². The number of halogens is 1. The zero-order valence-corrected chi connectivity index (χ0v) is 18.0. The normalized spacial score (nSPS) is 10.8. The first-order valence-electron chi connectivity index (χ1n) is 9.36. The molecule has 10 heteroatoms. The summed E-state index contributed by atoms with van der Waals surface area (Å²) < 4.78 is 1.17. The molecule has 0 radical (unpaired) electrons. The highest BCUT2D eigenvalue weighted by molar-refractivity contribution is 7.99. The molecule has 4 aromatic rings. The van der Waals surface area contributed by atoms with Gasteiger partial charge in [-0.25, -0.2) is 4.98 Å². The van der Waals surface area contributed by atoms with E-state index in [1.54, 1.807) is 24.3 Å². The van der Waals surface area contributed by atoms with E-state index in [0.29, 0.717) is 10.7 Å². The van der Waals surface area contributed by atoms with Crippen molar-refractivity contribution in [3.05, 3.63) is 98.5 Å². The molecule has 0 fully saturated rings. The average Bonchev–Trinajstić information content (AvgIpc) is 2.78. The number of non-ortho nitro benzene ring substituents is 1. The van der Waals surface area contributed by atoms with E-state index in [9.17, 15) is 19.7 Å². The number of nitrogens with one attached hydrogen (secondary N) is 1. The number of benzene rings is 3. The van der Waals surface area contributed by atoms with Gasteiger partial charge in [0.15, 0.2) is 0 Å². The second kappa shape index (κ2) is 9.21. The zero-order valence-electron chi connectivity index (χ0n) is 16.4. The number of anilines is 1. The van der Waals surface area contributed by atoms with Crippen LogP contribution >= 0.6 is 23.4 Å². The van der Waals surface area contributed by atoms with Gasteiger partial charge in [0.2, 0.25) is 5.91 Å². The molecule has 1 aromatic heterocycles. The van der Waals surface area contributed by atoms with Crippen LogP contribution in [0, 0.1) is 10.1 Å². The average molecular weight is 467 g/mol. The van der Waals surface area contributed by atoms with Crippen molar-refractivity contribution in [3.63, 3.8) is 0 Å². The summed E-state index contributed by atoms with van der Waals surface area (Å²) in [5.41, 5.74) is 0.194. The molecule has 3 aromatic carbocycles. The summed E-state index contributed by atoms with van der Waals surface area (Å²) in [6.07, 6.45) is 1.21. The van der Waals surface area contributed by atoms with Crippen molar-refractivity contribution in [2.24, 2.45) is 0 Å². The van der Waals surface area contributed by atoms with Crippen molar-refractivity contribution in [1.82, 2.24) is 9.55 Å². The van der Waals surface area contributed by atoms with Crippen molar-refractivity contribution in [2.75, 3.05) is 5.32 Å². The van der Waals surface area contributed by atoms with Crippen LogP contribution in [0.2, 0.25) is 5.02 Å². The Morgan fingerprint density at radius 3 is 2.62 bits per heavy atom. The summed E-state index contributed by atoms with van der Waals surface area (Å²) in [6.45, 7) is -0.251. The van der Waals surface area contributed by atoms with Crippen LogP contribution in [0.4, 0.5) is 11.4 Å². The van der Waals surface area contributed by atoms with Gasteiger partial charge >= 0.3 is 0 Å². The van der Waals surface area contributed by atoms with Gasteiger partial charge in [0.1, 0.15) is 6.54 Å². The van der Waals surface area contributed by atoms with E-state index in [2.05, 4.69) is 10.3 Å². The lowest BCUT2D eigenvalue weighted by Crippen LogP contribution is -2.28. The first kappa shape index (κ1) is 21.5. The Kier molecular flexibility index (Phi) is 6.20. The SMILES string of the molecule is O=C(Cn1cnc2cc([N+](=O)[O-])ccc2c1=O)Nc1ccccc1Sc1ccc(Cl)cc1. The molecule has 0 atom stereocenters. The maximum atomic E-state index is 12.7. The topological polar surface area (TPSA) is 107 Å². The third-order valence-corrected chi connectivity index (χ3v) is 5.87. The number of hydrogen-bond donors (Lipinski definition) is 1. The molecule has 0 saturated heterocycles. The lowest BCUT2D eigenvalue weighted by Gasteiger charge is -2.12. The summed E-state index contributed by atoms with van der Waals surface area (Å²) in [7, 11) is 0. The van der Waals surface area contributed by atoms with E-state index in [0.717, 1.165) is 9.79 Å². The number of nitrogens with zero attached hydrogens (tertiary/aromatic N) is 3. The number of nitro benzene ring substituents is 1. The smallest absolute Gasteiger partial charge is 0.271 e. The van der Waals surface area contributed by atoms with Crippen LogP contribution in [0.15, 0.2) is 87.6 Å². The lowest BCUT2D eigenvalue weighted by atomic mass is 10.2. The Hall–Kier alpha value is -3.69. The largest absolute Gasteiger partial charge is 0.323 e. The summed E-state index contributed by atoms with van der Waals surface area (Å²) in [5.74, 6) is -0.403. The highest BCUT2D eigenvalue weighted by Gasteiger charge is 2.13. The molecule has 1 heterocycles. The minimum atomic E-state index is -0.556. The van der Waals surface area contributed by atoms with E-state index in [1.807, 2.05) is 24.3 Å². The molecule has 0 aliphatic carbocycles. The van der Waals surface area contributed by atoms with E-state index < -0.39 is 16.4 Å². The number of nitro groups is 1. The number of fused-ring (bicyclic) bond motifs is 1. The summed E-state index contributed by atoms with van der Waals surface area (Å²) >= 11 is 7.40. The van der Waals surface area contributed by atoms with Gasteiger partial charge in [0, 0.05) is 26.9 Å². The summed E-state index contributed by atoms with van der Waals surface area (Å²) in [5, 5.41) is 14.6. The Balaban J connectivity index is 1.53. The molecular formula is C22H15ClN4O4S. The maximum absolute atomic E-state index is 12.7. The minimum Gasteiger partial charge on any atom is -0.323 e. The van der Waals surface area contributed by atoms with Gasteiger partial charge in [0.25, 0.3) is 11.2 Å². The van der Waals surface area contributed by atoms with E-state index in [4.69, 9.17) is 11.6 Å². The number of rotatable bonds is 6. The molecule has 0 saturated carbocycles. The maximum Gasteiger partial charge on any atom is 0.271 e.